The molecule has 0 radical (unpaired) electrons. The van der Waals surface area contributed by atoms with E-state index in [0.717, 1.165) is 23.1 Å². The summed E-state index contributed by atoms with van der Waals surface area (Å²) in [6.45, 7) is 0. The van der Waals surface area contributed by atoms with Gasteiger partial charge in [-0.3, -0.25) is 4.72 Å². The van der Waals surface area contributed by atoms with Gasteiger partial charge in [0.25, 0.3) is 10.0 Å². The Balaban J connectivity index is 2.28. The fraction of sp³-hybridized carbons (Fsp3) is 0.143. The Labute approximate surface area is 130 Å². The summed E-state index contributed by atoms with van der Waals surface area (Å²) in [6, 6.07) is 10.1. The number of hydrogen-bond acceptors (Lipinski definition) is 3. The maximum Gasteiger partial charge on any atom is 0.416 e. The standard InChI is InChI=1S/C14H12F3NO2S2/c1-21-12-5-7-13(8-6-12)22(19,20)18-11-4-2-3-10(9-11)14(15,16)17/h2-9,18H,1H3. The molecule has 2 aromatic carbocycles. The predicted octanol–water partition coefficient (Wildman–Crippen LogP) is 4.23. The van der Waals surface area contributed by atoms with Gasteiger partial charge < -0.3 is 0 Å². The first-order chi connectivity index (χ1) is 10.2. The topological polar surface area (TPSA) is 46.2 Å². The van der Waals surface area contributed by atoms with Crippen LogP contribution in [-0.2, 0) is 16.2 Å². The highest BCUT2D eigenvalue weighted by Gasteiger charge is 2.30. The van der Waals surface area contributed by atoms with Crippen LogP contribution in [0.25, 0.3) is 0 Å². The summed E-state index contributed by atoms with van der Waals surface area (Å²) in [6.07, 6.45) is -2.67. The van der Waals surface area contributed by atoms with Crippen LogP contribution in [0.4, 0.5) is 18.9 Å². The van der Waals surface area contributed by atoms with Crippen LogP contribution < -0.4 is 4.72 Å². The third-order valence-corrected chi connectivity index (χ3v) is 4.95. The van der Waals surface area contributed by atoms with Crippen LogP contribution in [0.1, 0.15) is 5.56 Å². The Morgan fingerprint density at radius 2 is 1.68 bits per heavy atom. The Morgan fingerprint density at radius 3 is 2.23 bits per heavy atom. The molecule has 0 amide bonds. The second-order valence-corrected chi connectivity index (χ2v) is 6.92. The molecule has 0 unspecified atom stereocenters. The van der Waals surface area contributed by atoms with Gasteiger partial charge in [0.05, 0.1) is 10.5 Å². The first kappa shape index (κ1) is 16.7. The lowest BCUT2D eigenvalue weighted by Gasteiger charge is -2.11. The first-order valence-electron chi connectivity index (χ1n) is 6.06. The van der Waals surface area contributed by atoms with Gasteiger partial charge in [0, 0.05) is 10.6 Å². The fourth-order valence-electron chi connectivity index (χ4n) is 1.73. The van der Waals surface area contributed by atoms with Gasteiger partial charge in [-0.25, -0.2) is 8.42 Å². The van der Waals surface area contributed by atoms with Crippen LogP contribution in [0, 0.1) is 0 Å². The van der Waals surface area contributed by atoms with E-state index in [1.807, 2.05) is 6.26 Å². The monoisotopic (exact) mass is 347 g/mol. The molecule has 1 N–H and O–H groups in total. The van der Waals surface area contributed by atoms with E-state index in [1.165, 1.54) is 30.0 Å². The molecule has 0 heterocycles. The third-order valence-electron chi connectivity index (χ3n) is 2.81. The highest BCUT2D eigenvalue weighted by atomic mass is 32.2. The molecule has 22 heavy (non-hydrogen) atoms. The third kappa shape index (κ3) is 3.95. The first-order valence-corrected chi connectivity index (χ1v) is 8.77. The summed E-state index contributed by atoms with van der Waals surface area (Å²) in [5.74, 6) is 0. The van der Waals surface area contributed by atoms with Gasteiger partial charge in [-0.15, -0.1) is 11.8 Å². The molecule has 3 nitrogen and oxygen atoms in total. The zero-order valence-electron chi connectivity index (χ0n) is 11.4. The van der Waals surface area contributed by atoms with Crippen molar-refractivity contribution in [2.45, 2.75) is 16.0 Å². The van der Waals surface area contributed by atoms with Gasteiger partial charge in [-0.1, -0.05) is 6.07 Å². The lowest BCUT2D eigenvalue weighted by atomic mass is 10.2. The molecule has 0 saturated carbocycles. The Bertz CT molecular complexity index is 756. The minimum absolute atomic E-state index is 0.0114. The number of alkyl halides is 3. The van der Waals surface area contributed by atoms with Gasteiger partial charge in [0.1, 0.15) is 0 Å². The van der Waals surface area contributed by atoms with Crippen molar-refractivity contribution in [3.8, 4) is 0 Å². The lowest BCUT2D eigenvalue weighted by molar-refractivity contribution is -0.137. The van der Waals surface area contributed by atoms with Crippen molar-refractivity contribution in [3.05, 3.63) is 54.1 Å². The van der Waals surface area contributed by atoms with E-state index in [2.05, 4.69) is 4.72 Å². The largest absolute Gasteiger partial charge is 0.416 e. The van der Waals surface area contributed by atoms with Crippen molar-refractivity contribution >= 4 is 27.5 Å². The molecule has 0 aliphatic carbocycles. The minimum Gasteiger partial charge on any atom is -0.280 e. The smallest absolute Gasteiger partial charge is 0.280 e. The van der Waals surface area contributed by atoms with Crippen molar-refractivity contribution in [3.63, 3.8) is 0 Å². The molecular weight excluding hydrogens is 335 g/mol. The van der Waals surface area contributed by atoms with E-state index in [4.69, 9.17) is 0 Å². The van der Waals surface area contributed by atoms with Gasteiger partial charge in [-0.2, -0.15) is 13.2 Å². The van der Waals surface area contributed by atoms with Crippen LogP contribution >= 0.6 is 11.8 Å². The number of hydrogen-bond donors (Lipinski definition) is 1. The van der Waals surface area contributed by atoms with Crippen molar-refractivity contribution in [2.75, 3.05) is 11.0 Å². The van der Waals surface area contributed by atoms with E-state index in [9.17, 15) is 21.6 Å². The van der Waals surface area contributed by atoms with Crippen molar-refractivity contribution in [1.29, 1.82) is 0 Å². The summed E-state index contributed by atoms with van der Waals surface area (Å²) in [7, 11) is -3.93. The lowest BCUT2D eigenvalue weighted by Crippen LogP contribution is -2.14. The molecule has 0 spiro atoms. The second kappa shape index (κ2) is 6.21. The van der Waals surface area contributed by atoms with Gasteiger partial charge in [-0.05, 0) is 48.7 Å². The predicted molar refractivity (Wildman–Crippen MR) is 80.5 cm³/mol. The molecule has 0 aromatic heterocycles. The van der Waals surface area contributed by atoms with Crippen LogP contribution in [0.15, 0.2) is 58.3 Å². The minimum atomic E-state index is -4.53. The molecule has 0 bridgehead atoms. The molecule has 8 heteroatoms. The van der Waals surface area contributed by atoms with Crippen LogP contribution in [0.3, 0.4) is 0 Å². The molecule has 0 fully saturated rings. The summed E-state index contributed by atoms with van der Waals surface area (Å²) in [4.78, 5) is 0.876. The maximum atomic E-state index is 12.6. The summed E-state index contributed by atoms with van der Waals surface area (Å²) >= 11 is 1.46. The van der Waals surface area contributed by atoms with Gasteiger partial charge in [0.15, 0.2) is 0 Å². The summed E-state index contributed by atoms with van der Waals surface area (Å²) in [5.41, 5.74) is -1.05. The molecule has 118 valence electrons. The van der Waals surface area contributed by atoms with E-state index in [0.29, 0.717) is 0 Å². The SMILES string of the molecule is CSc1ccc(S(=O)(=O)Nc2cccc(C(F)(F)F)c2)cc1. The summed E-state index contributed by atoms with van der Waals surface area (Å²) < 4.78 is 64.4. The second-order valence-electron chi connectivity index (χ2n) is 4.36. The molecule has 0 saturated heterocycles. The number of thioether (sulfide) groups is 1. The zero-order chi connectivity index (χ0) is 16.4. The number of rotatable bonds is 4. The van der Waals surface area contributed by atoms with E-state index >= 15 is 0 Å². The van der Waals surface area contributed by atoms with Crippen LogP contribution in [0.5, 0.6) is 0 Å². The zero-order valence-corrected chi connectivity index (χ0v) is 13.0. The molecule has 0 aliphatic heterocycles. The van der Waals surface area contributed by atoms with Crippen LogP contribution in [-0.4, -0.2) is 14.7 Å². The van der Waals surface area contributed by atoms with Gasteiger partial charge in [0.2, 0.25) is 0 Å². The molecule has 0 aliphatic rings. The Morgan fingerprint density at radius 1 is 1.05 bits per heavy atom. The molecule has 2 rings (SSSR count). The van der Waals surface area contributed by atoms with Crippen molar-refractivity contribution < 1.29 is 21.6 Å². The van der Waals surface area contributed by atoms with Crippen molar-refractivity contribution in [2.24, 2.45) is 0 Å². The van der Waals surface area contributed by atoms with E-state index in [1.54, 1.807) is 12.1 Å². The van der Waals surface area contributed by atoms with E-state index in [-0.39, 0.29) is 10.6 Å². The van der Waals surface area contributed by atoms with E-state index < -0.39 is 21.8 Å². The summed E-state index contributed by atoms with van der Waals surface area (Å²) in [5, 5.41) is 0. The highest BCUT2D eigenvalue weighted by Crippen LogP contribution is 2.31. The average Bonchev–Trinajstić information content (AvgIpc) is 2.46. The molecular formula is C14H12F3NO2S2. The fourth-order valence-corrected chi connectivity index (χ4v) is 3.19. The number of anilines is 1. The van der Waals surface area contributed by atoms with Crippen LogP contribution in [0.2, 0.25) is 0 Å². The Kier molecular flexibility index (Phi) is 4.72. The number of nitrogens with one attached hydrogen (secondary N) is 1. The quantitative estimate of drug-likeness (QED) is 0.842. The van der Waals surface area contributed by atoms with Crippen molar-refractivity contribution in [1.82, 2.24) is 0 Å². The maximum absolute atomic E-state index is 12.6. The number of halogens is 3. The average molecular weight is 347 g/mol. The Hall–Kier alpha value is -1.67. The molecule has 2 aromatic rings. The normalized spacial score (nSPS) is 12.2. The highest BCUT2D eigenvalue weighted by molar-refractivity contribution is 7.98. The number of sulfonamides is 1. The molecule has 0 atom stereocenters. The van der Waals surface area contributed by atoms with Gasteiger partial charge >= 0.3 is 6.18 Å². The number of benzene rings is 2.